The SMILES string of the molecule is CCOc1ccccc1C(CC(=O)NCC(N)c1ccccc1)NC(C)=O.Cl. The molecule has 0 aliphatic heterocycles. The van der Waals surface area contributed by atoms with Crippen LogP contribution in [-0.4, -0.2) is 25.0 Å². The molecule has 0 saturated heterocycles. The second kappa shape index (κ2) is 12.0. The van der Waals surface area contributed by atoms with Gasteiger partial charge in [0.2, 0.25) is 11.8 Å². The highest BCUT2D eigenvalue weighted by atomic mass is 35.5. The number of benzene rings is 2. The van der Waals surface area contributed by atoms with Crippen molar-refractivity contribution in [3.05, 3.63) is 65.7 Å². The molecule has 2 rings (SSSR count). The number of halogens is 1. The zero-order valence-electron chi connectivity index (χ0n) is 16.2. The van der Waals surface area contributed by atoms with Crippen LogP contribution in [0.25, 0.3) is 0 Å². The summed E-state index contributed by atoms with van der Waals surface area (Å²) in [4.78, 5) is 24.1. The van der Waals surface area contributed by atoms with E-state index in [9.17, 15) is 9.59 Å². The average Bonchev–Trinajstić information content (AvgIpc) is 2.66. The first-order valence-corrected chi connectivity index (χ1v) is 9.07. The maximum Gasteiger partial charge on any atom is 0.222 e. The van der Waals surface area contributed by atoms with Crippen LogP contribution >= 0.6 is 12.4 Å². The van der Waals surface area contributed by atoms with Gasteiger partial charge >= 0.3 is 0 Å². The Labute approximate surface area is 172 Å². The highest BCUT2D eigenvalue weighted by Gasteiger charge is 2.21. The van der Waals surface area contributed by atoms with Gasteiger partial charge in [0.05, 0.1) is 19.1 Å². The third-order valence-corrected chi connectivity index (χ3v) is 4.11. The van der Waals surface area contributed by atoms with Gasteiger partial charge < -0.3 is 21.1 Å². The molecule has 4 N–H and O–H groups in total. The number of nitrogens with two attached hydrogens (primary N) is 1. The van der Waals surface area contributed by atoms with E-state index in [2.05, 4.69) is 10.6 Å². The Morgan fingerprint density at radius 2 is 1.71 bits per heavy atom. The second-order valence-electron chi connectivity index (χ2n) is 6.25. The van der Waals surface area contributed by atoms with Crippen molar-refractivity contribution in [1.29, 1.82) is 0 Å². The number of carbonyl (C=O) groups excluding carboxylic acids is 2. The minimum atomic E-state index is -0.474. The maximum absolute atomic E-state index is 12.5. The number of carbonyl (C=O) groups is 2. The highest BCUT2D eigenvalue weighted by molar-refractivity contribution is 5.85. The fourth-order valence-electron chi connectivity index (χ4n) is 2.84. The zero-order valence-corrected chi connectivity index (χ0v) is 17.0. The summed E-state index contributed by atoms with van der Waals surface area (Å²) in [6, 6.07) is 16.2. The molecule has 28 heavy (non-hydrogen) atoms. The van der Waals surface area contributed by atoms with Crippen LogP contribution in [0.5, 0.6) is 5.75 Å². The first-order valence-electron chi connectivity index (χ1n) is 9.07. The van der Waals surface area contributed by atoms with Gasteiger partial charge in [-0.3, -0.25) is 9.59 Å². The van der Waals surface area contributed by atoms with Crippen LogP contribution in [0, 0.1) is 0 Å². The van der Waals surface area contributed by atoms with E-state index in [1.54, 1.807) is 0 Å². The number of amides is 2. The molecule has 2 atom stereocenters. The first kappa shape index (κ1) is 23.5. The largest absolute Gasteiger partial charge is 0.494 e. The van der Waals surface area contributed by atoms with Crippen molar-refractivity contribution >= 4 is 24.2 Å². The van der Waals surface area contributed by atoms with Gasteiger partial charge in [0.15, 0.2) is 0 Å². The van der Waals surface area contributed by atoms with Crippen molar-refractivity contribution in [3.63, 3.8) is 0 Å². The first-order chi connectivity index (χ1) is 13.0. The fraction of sp³-hybridized carbons (Fsp3) is 0.333. The van der Waals surface area contributed by atoms with E-state index in [1.165, 1.54) is 6.92 Å². The van der Waals surface area contributed by atoms with Crippen LogP contribution in [0.15, 0.2) is 54.6 Å². The maximum atomic E-state index is 12.5. The van der Waals surface area contributed by atoms with E-state index in [1.807, 2.05) is 61.5 Å². The Kier molecular flexibility index (Phi) is 10.1. The molecule has 2 unspecified atom stereocenters. The zero-order chi connectivity index (χ0) is 19.6. The number of ether oxygens (including phenoxy) is 1. The molecule has 2 aromatic rings. The lowest BCUT2D eigenvalue weighted by Gasteiger charge is -2.21. The number of para-hydroxylation sites is 1. The average molecular weight is 406 g/mol. The van der Waals surface area contributed by atoms with Crippen LogP contribution in [0.4, 0.5) is 0 Å². The Hall–Kier alpha value is -2.57. The summed E-state index contributed by atoms with van der Waals surface area (Å²) in [5, 5.41) is 5.68. The van der Waals surface area contributed by atoms with Gasteiger partial charge in [-0.2, -0.15) is 0 Å². The fourth-order valence-corrected chi connectivity index (χ4v) is 2.84. The third-order valence-electron chi connectivity index (χ3n) is 4.11. The molecule has 6 nitrogen and oxygen atoms in total. The summed E-state index contributed by atoms with van der Waals surface area (Å²) < 4.78 is 5.63. The number of hydrogen-bond acceptors (Lipinski definition) is 4. The molecule has 0 heterocycles. The van der Waals surface area contributed by atoms with Crippen LogP contribution in [0.2, 0.25) is 0 Å². The predicted molar refractivity (Wildman–Crippen MR) is 112 cm³/mol. The highest BCUT2D eigenvalue weighted by Crippen LogP contribution is 2.27. The second-order valence-corrected chi connectivity index (χ2v) is 6.25. The van der Waals surface area contributed by atoms with E-state index in [4.69, 9.17) is 10.5 Å². The summed E-state index contributed by atoms with van der Waals surface area (Å²) in [5.41, 5.74) is 7.86. The van der Waals surface area contributed by atoms with Crippen molar-refractivity contribution in [3.8, 4) is 5.75 Å². The summed E-state index contributed by atoms with van der Waals surface area (Å²) in [6.07, 6.45) is 0.102. The molecule has 0 spiro atoms. The number of hydrogen-bond donors (Lipinski definition) is 3. The van der Waals surface area contributed by atoms with Gasteiger partial charge in [-0.05, 0) is 18.6 Å². The van der Waals surface area contributed by atoms with Crippen LogP contribution in [0.1, 0.15) is 43.5 Å². The molecular weight excluding hydrogens is 378 g/mol. The Bertz CT molecular complexity index is 756. The summed E-state index contributed by atoms with van der Waals surface area (Å²) >= 11 is 0. The van der Waals surface area contributed by atoms with Crippen LogP contribution < -0.4 is 21.1 Å². The molecule has 152 valence electrons. The van der Waals surface area contributed by atoms with E-state index in [-0.39, 0.29) is 36.7 Å². The lowest BCUT2D eigenvalue weighted by Crippen LogP contribution is -2.36. The van der Waals surface area contributed by atoms with Crippen molar-refractivity contribution < 1.29 is 14.3 Å². The lowest BCUT2D eigenvalue weighted by molar-refractivity contribution is -0.122. The van der Waals surface area contributed by atoms with E-state index >= 15 is 0 Å². The third kappa shape index (κ3) is 7.21. The summed E-state index contributed by atoms with van der Waals surface area (Å²) in [6.45, 7) is 4.14. The van der Waals surface area contributed by atoms with E-state index in [0.29, 0.717) is 18.9 Å². The topological polar surface area (TPSA) is 93.4 Å². The molecule has 0 aromatic heterocycles. The number of nitrogens with one attached hydrogen (secondary N) is 2. The minimum Gasteiger partial charge on any atom is -0.494 e. The predicted octanol–water partition coefficient (Wildman–Crippen LogP) is 2.89. The molecular formula is C21H28ClN3O3. The molecule has 2 aromatic carbocycles. The van der Waals surface area contributed by atoms with Gasteiger partial charge in [0, 0.05) is 25.1 Å². The van der Waals surface area contributed by atoms with Gasteiger partial charge in [-0.1, -0.05) is 48.5 Å². The van der Waals surface area contributed by atoms with Gasteiger partial charge in [0.1, 0.15) is 5.75 Å². The molecule has 0 saturated carbocycles. The minimum absolute atomic E-state index is 0. The molecule has 0 fully saturated rings. The Balaban J connectivity index is 0.00000392. The van der Waals surface area contributed by atoms with Crippen molar-refractivity contribution in [2.45, 2.75) is 32.4 Å². The Morgan fingerprint density at radius 3 is 2.36 bits per heavy atom. The monoisotopic (exact) mass is 405 g/mol. The molecule has 2 amide bonds. The van der Waals surface area contributed by atoms with Crippen molar-refractivity contribution in [1.82, 2.24) is 10.6 Å². The normalized spacial score (nSPS) is 12.2. The lowest BCUT2D eigenvalue weighted by atomic mass is 10.0. The van der Waals surface area contributed by atoms with Crippen molar-refractivity contribution in [2.75, 3.05) is 13.2 Å². The molecule has 0 bridgehead atoms. The van der Waals surface area contributed by atoms with Gasteiger partial charge in [-0.15, -0.1) is 12.4 Å². The molecule has 7 heteroatoms. The summed E-state index contributed by atoms with van der Waals surface area (Å²) in [5.74, 6) is 0.263. The standard InChI is InChI=1S/C21H27N3O3.ClH/c1-3-27-20-12-8-7-11-17(20)19(24-15(2)25)13-21(26)23-14-18(22)16-9-5-4-6-10-16;/h4-12,18-19H,3,13-14,22H2,1-2H3,(H,23,26)(H,24,25);1H. The quantitative estimate of drug-likeness (QED) is 0.598. The molecule has 0 radical (unpaired) electrons. The van der Waals surface area contributed by atoms with Crippen LogP contribution in [-0.2, 0) is 9.59 Å². The number of rotatable bonds is 9. The van der Waals surface area contributed by atoms with E-state index in [0.717, 1.165) is 11.1 Å². The van der Waals surface area contributed by atoms with Gasteiger partial charge in [-0.25, -0.2) is 0 Å². The van der Waals surface area contributed by atoms with Crippen LogP contribution in [0.3, 0.4) is 0 Å². The molecule has 0 aliphatic rings. The Morgan fingerprint density at radius 1 is 1.07 bits per heavy atom. The smallest absolute Gasteiger partial charge is 0.222 e. The van der Waals surface area contributed by atoms with Crippen molar-refractivity contribution in [2.24, 2.45) is 5.73 Å². The summed E-state index contributed by atoms with van der Waals surface area (Å²) in [7, 11) is 0. The molecule has 0 aliphatic carbocycles. The van der Waals surface area contributed by atoms with Gasteiger partial charge in [0.25, 0.3) is 0 Å². The van der Waals surface area contributed by atoms with E-state index < -0.39 is 6.04 Å².